The third kappa shape index (κ3) is 3.35. The van der Waals surface area contributed by atoms with Crippen LogP contribution in [0.4, 0.5) is 0 Å². The van der Waals surface area contributed by atoms with Gasteiger partial charge in [0.2, 0.25) is 11.8 Å². The third-order valence-corrected chi connectivity index (χ3v) is 2.99. The van der Waals surface area contributed by atoms with Crippen molar-refractivity contribution in [2.24, 2.45) is 0 Å². The maximum absolute atomic E-state index is 11.6. The van der Waals surface area contributed by atoms with Gasteiger partial charge in [0.25, 0.3) is 0 Å². The molecule has 2 heterocycles. The molecule has 0 saturated carbocycles. The maximum Gasteiger partial charge on any atom is 0.224 e. The van der Waals surface area contributed by atoms with E-state index in [4.69, 9.17) is 16.3 Å². The van der Waals surface area contributed by atoms with Gasteiger partial charge < -0.3 is 9.64 Å². The van der Waals surface area contributed by atoms with E-state index >= 15 is 0 Å². The Morgan fingerprint density at radius 2 is 2.39 bits per heavy atom. The van der Waals surface area contributed by atoms with E-state index in [1.807, 2.05) is 26.0 Å². The molecule has 1 aromatic heterocycles. The van der Waals surface area contributed by atoms with Gasteiger partial charge in [-0.05, 0) is 25.5 Å². The Kier molecular flexibility index (Phi) is 4.07. The maximum atomic E-state index is 11.6. The molecule has 0 N–H and O–H groups in total. The minimum Gasteiger partial charge on any atom is -0.475 e. The molecule has 2 rings (SSSR count). The van der Waals surface area contributed by atoms with Gasteiger partial charge in [0, 0.05) is 31.8 Å². The first kappa shape index (κ1) is 13.1. The van der Waals surface area contributed by atoms with Crippen molar-refractivity contribution in [3.05, 3.63) is 23.9 Å². The smallest absolute Gasteiger partial charge is 0.224 e. The highest BCUT2D eigenvalue weighted by molar-refractivity contribution is 6.22. The Morgan fingerprint density at radius 3 is 3.00 bits per heavy atom. The quantitative estimate of drug-likeness (QED) is 0.787. The number of hydrogen-bond donors (Lipinski definition) is 0. The second-order valence-corrected chi connectivity index (χ2v) is 5.36. The lowest BCUT2D eigenvalue weighted by Crippen LogP contribution is -2.24. The standard InChI is InChI=1S/C13H17ClN2O2/c1-9(2)18-12-5-10(3-4-15-12)7-16-8-11(14)6-13(16)17/h3-5,9,11H,6-8H2,1-2H3. The largest absolute Gasteiger partial charge is 0.475 e. The van der Waals surface area contributed by atoms with E-state index in [9.17, 15) is 4.79 Å². The number of nitrogens with zero attached hydrogens (tertiary/aromatic N) is 2. The fraction of sp³-hybridized carbons (Fsp3) is 0.538. The van der Waals surface area contributed by atoms with E-state index in [1.165, 1.54) is 0 Å². The molecule has 5 heteroatoms. The highest BCUT2D eigenvalue weighted by Crippen LogP contribution is 2.20. The highest BCUT2D eigenvalue weighted by Gasteiger charge is 2.27. The number of aromatic nitrogens is 1. The van der Waals surface area contributed by atoms with Gasteiger partial charge in [-0.1, -0.05) is 0 Å². The Bertz CT molecular complexity index is 437. The van der Waals surface area contributed by atoms with Crippen molar-refractivity contribution in [2.45, 2.75) is 38.3 Å². The fourth-order valence-electron chi connectivity index (χ4n) is 1.95. The Hall–Kier alpha value is -1.29. The summed E-state index contributed by atoms with van der Waals surface area (Å²) >= 11 is 5.97. The average Bonchev–Trinajstić information content (AvgIpc) is 2.57. The van der Waals surface area contributed by atoms with Crippen molar-refractivity contribution in [1.29, 1.82) is 0 Å². The van der Waals surface area contributed by atoms with Gasteiger partial charge in [0.1, 0.15) is 0 Å². The topological polar surface area (TPSA) is 42.4 Å². The second-order valence-electron chi connectivity index (χ2n) is 4.74. The van der Waals surface area contributed by atoms with Crippen molar-refractivity contribution >= 4 is 17.5 Å². The van der Waals surface area contributed by atoms with Crippen LogP contribution in [0.1, 0.15) is 25.8 Å². The normalized spacial score (nSPS) is 19.7. The van der Waals surface area contributed by atoms with Crippen LogP contribution in [-0.2, 0) is 11.3 Å². The SMILES string of the molecule is CC(C)Oc1cc(CN2CC(Cl)CC2=O)ccn1. The van der Waals surface area contributed by atoms with Crippen molar-refractivity contribution in [2.75, 3.05) is 6.54 Å². The Morgan fingerprint density at radius 1 is 1.61 bits per heavy atom. The minimum absolute atomic E-state index is 0.0641. The molecule has 0 aromatic carbocycles. The molecule has 18 heavy (non-hydrogen) atoms. The lowest BCUT2D eigenvalue weighted by Gasteiger charge is -2.16. The van der Waals surface area contributed by atoms with Crippen molar-refractivity contribution in [3.8, 4) is 5.88 Å². The Labute approximate surface area is 112 Å². The summed E-state index contributed by atoms with van der Waals surface area (Å²) in [7, 11) is 0. The van der Waals surface area contributed by atoms with Gasteiger partial charge >= 0.3 is 0 Å². The van der Waals surface area contributed by atoms with E-state index < -0.39 is 0 Å². The van der Waals surface area contributed by atoms with E-state index in [2.05, 4.69) is 4.98 Å². The fourth-order valence-corrected chi connectivity index (χ4v) is 2.25. The van der Waals surface area contributed by atoms with Crippen LogP contribution in [0, 0.1) is 0 Å². The summed E-state index contributed by atoms with van der Waals surface area (Å²) in [6.07, 6.45) is 2.22. The molecule has 0 bridgehead atoms. The summed E-state index contributed by atoms with van der Waals surface area (Å²) < 4.78 is 5.53. The van der Waals surface area contributed by atoms with E-state index in [0.717, 1.165) is 5.56 Å². The lowest BCUT2D eigenvalue weighted by atomic mass is 10.2. The van der Waals surface area contributed by atoms with Gasteiger partial charge in [-0.25, -0.2) is 4.98 Å². The summed E-state index contributed by atoms with van der Waals surface area (Å²) in [4.78, 5) is 17.6. The Balaban J connectivity index is 2.03. The van der Waals surface area contributed by atoms with Gasteiger partial charge in [-0.3, -0.25) is 4.79 Å². The molecule has 1 aliphatic rings. The predicted octanol–water partition coefficient (Wildman–Crippen LogP) is 2.21. The molecule has 0 radical (unpaired) electrons. The number of amides is 1. The van der Waals surface area contributed by atoms with Gasteiger partial charge in [-0.2, -0.15) is 0 Å². The zero-order valence-electron chi connectivity index (χ0n) is 10.6. The molecule has 1 saturated heterocycles. The first-order chi connectivity index (χ1) is 8.54. The number of rotatable bonds is 4. The number of carbonyl (C=O) groups is 1. The van der Waals surface area contributed by atoms with E-state index in [1.54, 1.807) is 11.1 Å². The summed E-state index contributed by atoms with van der Waals surface area (Å²) in [5.41, 5.74) is 1.01. The molecule has 98 valence electrons. The van der Waals surface area contributed by atoms with Crippen LogP contribution >= 0.6 is 11.6 Å². The van der Waals surface area contributed by atoms with Crippen molar-refractivity contribution < 1.29 is 9.53 Å². The second kappa shape index (κ2) is 5.57. The van der Waals surface area contributed by atoms with Crippen LogP contribution in [0.15, 0.2) is 18.3 Å². The average molecular weight is 269 g/mol. The van der Waals surface area contributed by atoms with Crippen LogP contribution in [0.2, 0.25) is 0 Å². The number of alkyl halides is 1. The van der Waals surface area contributed by atoms with E-state index in [0.29, 0.717) is 25.4 Å². The summed E-state index contributed by atoms with van der Waals surface area (Å²) in [5.74, 6) is 0.703. The van der Waals surface area contributed by atoms with E-state index in [-0.39, 0.29) is 17.4 Å². The van der Waals surface area contributed by atoms with Gasteiger partial charge in [0.05, 0.1) is 11.5 Å². The van der Waals surface area contributed by atoms with Crippen molar-refractivity contribution in [1.82, 2.24) is 9.88 Å². The molecule has 1 unspecified atom stereocenters. The summed E-state index contributed by atoms with van der Waals surface area (Å²) in [5, 5.41) is -0.0641. The molecule has 1 amide bonds. The molecule has 1 atom stereocenters. The number of pyridine rings is 1. The minimum atomic E-state index is -0.0641. The number of halogens is 1. The summed E-state index contributed by atoms with van der Waals surface area (Å²) in [6.45, 7) is 5.09. The molecular weight excluding hydrogens is 252 g/mol. The van der Waals surface area contributed by atoms with Crippen LogP contribution in [0.25, 0.3) is 0 Å². The number of hydrogen-bond acceptors (Lipinski definition) is 3. The monoisotopic (exact) mass is 268 g/mol. The first-order valence-corrected chi connectivity index (χ1v) is 6.51. The lowest BCUT2D eigenvalue weighted by molar-refractivity contribution is -0.128. The van der Waals surface area contributed by atoms with Gasteiger partial charge in [0.15, 0.2) is 0 Å². The van der Waals surface area contributed by atoms with Crippen LogP contribution < -0.4 is 4.74 Å². The molecule has 1 aliphatic heterocycles. The van der Waals surface area contributed by atoms with Crippen LogP contribution in [0.3, 0.4) is 0 Å². The zero-order chi connectivity index (χ0) is 13.1. The zero-order valence-corrected chi connectivity index (χ0v) is 11.4. The molecule has 4 nitrogen and oxygen atoms in total. The number of ether oxygens (including phenoxy) is 1. The molecule has 0 spiro atoms. The van der Waals surface area contributed by atoms with Gasteiger partial charge in [-0.15, -0.1) is 11.6 Å². The van der Waals surface area contributed by atoms with Crippen LogP contribution in [0.5, 0.6) is 5.88 Å². The molecule has 1 fully saturated rings. The molecular formula is C13H17ClN2O2. The highest BCUT2D eigenvalue weighted by atomic mass is 35.5. The number of carbonyl (C=O) groups excluding carboxylic acids is 1. The third-order valence-electron chi connectivity index (χ3n) is 2.70. The molecule has 1 aromatic rings. The first-order valence-electron chi connectivity index (χ1n) is 6.08. The van der Waals surface area contributed by atoms with Crippen LogP contribution in [-0.4, -0.2) is 33.8 Å². The molecule has 0 aliphatic carbocycles. The van der Waals surface area contributed by atoms with Crippen molar-refractivity contribution in [3.63, 3.8) is 0 Å². The predicted molar refractivity (Wildman–Crippen MR) is 69.7 cm³/mol. The number of likely N-dealkylation sites (tertiary alicyclic amines) is 1. The summed E-state index contributed by atoms with van der Waals surface area (Å²) in [6, 6.07) is 3.76.